The number of esters is 1. The molecule has 0 saturated heterocycles. The summed E-state index contributed by atoms with van der Waals surface area (Å²) in [6, 6.07) is 0. The smallest absolute Gasteiger partial charge is 0.333 e. The highest BCUT2D eigenvalue weighted by atomic mass is 16.5. The van der Waals surface area contributed by atoms with Crippen LogP contribution in [0.2, 0.25) is 0 Å². The number of aliphatic carboxylic acids is 1. The Morgan fingerprint density at radius 3 is 2.40 bits per heavy atom. The van der Waals surface area contributed by atoms with E-state index in [1.165, 1.54) is 0 Å². The zero-order valence-corrected chi connectivity index (χ0v) is 5.55. The molecule has 0 heterocycles. The van der Waals surface area contributed by atoms with Crippen LogP contribution in [0.4, 0.5) is 0 Å². The molecule has 0 spiro atoms. The van der Waals surface area contributed by atoms with E-state index in [9.17, 15) is 14.7 Å². The third-order valence-corrected chi connectivity index (χ3v) is 0.832. The highest BCUT2D eigenvalue weighted by Gasteiger charge is 2.05. The molecule has 0 aromatic heterocycles. The Morgan fingerprint density at radius 2 is 2.10 bits per heavy atom. The van der Waals surface area contributed by atoms with Crippen molar-refractivity contribution in [1.82, 2.24) is 0 Å². The van der Waals surface area contributed by atoms with Gasteiger partial charge in [0.15, 0.2) is 0 Å². The van der Waals surface area contributed by atoms with E-state index >= 15 is 0 Å². The zero-order chi connectivity index (χ0) is 8.15. The predicted octanol–water partition coefficient (Wildman–Crippen LogP) is -1.14. The average molecular weight is 143 g/mol. The summed E-state index contributed by atoms with van der Waals surface area (Å²) in [6.45, 7) is 3.17. The summed E-state index contributed by atoms with van der Waals surface area (Å²) < 4.78 is 4.18. The molecule has 0 atom stereocenters. The van der Waals surface area contributed by atoms with Gasteiger partial charge in [-0.2, -0.15) is 0 Å². The molecule has 0 aliphatic heterocycles. The third-order valence-electron chi connectivity index (χ3n) is 0.832. The van der Waals surface area contributed by atoms with Gasteiger partial charge >= 0.3 is 5.97 Å². The lowest BCUT2D eigenvalue weighted by atomic mass is 10.2. The van der Waals surface area contributed by atoms with Crippen molar-refractivity contribution in [2.45, 2.75) is 6.42 Å². The third kappa shape index (κ3) is 2.86. The van der Waals surface area contributed by atoms with Gasteiger partial charge in [-0.05, 0) is 0 Å². The van der Waals surface area contributed by atoms with Crippen molar-refractivity contribution in [3.8, 4) is 0 Å². The van der Waals surface area contributed by atoms with E-state index in [0.29, 0.717) is 0 Å². The lowest BCUT2D eigenvalue weighted by Crippen LogP contribution is -2.24. The van der Waals surface area contributed by atoms with Gasteiger partial charge in [0.05, 0.1) is 7.11 Å². The number of carbonyl (C=O) groups is 2. The van der Waals surface area contributed by atoms with Crippen LogP contribution in [0, 0.1) is 0 Å². The van der Waals surface area contributed by atoms with Crippen LogP contribution < -0.4 is 5.11 Å². The quantitative estimate of drug-likeness (QED) is 0.370. The van der Waals surface area contributed by atoms with E-state index in [-0.39, 0.29) is 5.57 Å². The molecule has 4 nitrogen and oxygen atoms in total. The van der Waals surface area contributed by atoms with Gasteiger partial charge in [0.1, 0.15) is 0 Å². The second kappa shape index (κ2) is 3.66. The van der Waals surface area contributed by atoms with Crippen molar-refractivity contribution in [2.24, 2.45) is 0 Å². The Kier molecular flexibility index (Phi) is 3.17. The molecule has 0 saturated carbocycles. The fourth-order valence-corrected chi connectivity index (χ4v) is 0.391. The maximum atomic E-state index is 10.4. The van der Waals surface area contributed by atoms with Crippen LogP contribution in [-0.4, -0.2) is 19.0 Å². The van der Waals surface area contributed by atoms with Crippen LogP contribution >= 0.6 is 0 Å². The Hall–Kier alpha value is -1.32. The number of carboxylic acids is 1. The first kappa shape index (κ1) is 8.68. The minimum Gasteiger partial charge on any atom is -0.550 e. The van der Waals surface area contributed by atoms with E-state index in [4.69, 9.17) is 0 Å². The van der Waals surface area contributed by atoms with Crippen molar-refractivity contribution in [3.05, 3.63) is 12.2 Å². The molecule has 0 radical (unpaired) electrons. The van der Waals surface area contributed by atoms with Gasteiger partial charge in [0, 0.05) is 18.0 Å². The number of hydrogen-bond donors (Lipinski definition) is 0. The number of hydrogen-bond acceptors (Lipinski definition) is 4. The molecule has 10 heavy (non-hydrogen) atoms. The summed E-state index contributed by atoms with van der Waals surface area (Å²) in [6.07, 6.45) is -0.479. The number of carbonyl (C=O) groups excluding carboxylic acids is 2. The van der Waals surface area contributed by atoms with Gasteiger partial charge in [0.25, 0.3) is 0 Å². The van der Waals surface area contributed by atoms with Crippen LogP contribution in [0.15, 0.2) is 12.2 Å². The van der Waals surface area contributed by atoms with Crippen molar-refractivity contribution in [3.63, 3.8) is 0 Å². The van der Waals surface area contributed by atoms with Crippen LogP contribution in [0.3, 0.4) is 0 Å². The van der Waals surface area contributed by atoms with Gasteiger partial charge in [0.2, 0.25) is 0 Å². The number of methoxy groups -OCH3 is 1. The van der Waals surface area contributed by atoms with Crippen molar-refractivity contribution >= 4 is 11.9 Å². The Balaban J connectivity index is 3.86. The maximum absolute atomic E-state index is 10.4. The second-order valence-corrected chi connectivity index (χ2v) is 1.64. The fraction of sp³-hybridized carbons (Fsp3) is 0.333. The summed E-state index contributed by atoms with van der Waals surface area (Å²) in [7, 11) is 1.16. The molecule has 0 N–H and O–H groups in total. The molecule has 0 aromatic rings. The monoisotopic (exact) mass is 143 g/mol. The molecular weight excluding hydrogens is 136 g/mol. The summed E-state index contributed by atoms with van der Waals surface area (Å²) in [5, 5.41) is 9.85. The van der Waals surface area contributed by atoms with Crippen molar-refractivity contribution in [2.75, 3.05) is 7.11 Å². The fourth-order valence-electron chi connectivity index (χ4n) is 0.391. The van der Waals surface area contributed by atoms with Crippen molar-refractivity contribution in [1.29, 1.82) is 0 Å². The van der Waals surface area contributed by atoms with Gasteiger partial charge < -0.3 is 14.6 Å². The topological polar surface area (TPSA) is 66.4 Å². The Morgan fingerprint density at radius 1 is 1.60 bits per heavy atom. The minimum absolute atomic E-state index is 0.109. The maximum Gasteiger partial charge on any atom is 0.333 e. The number of ether oxygens (including phenoxy) is 1. The normalized spacial score (nSPS) is 8.50. The minimum atomic E-state index is -1.34. The van der Waals surface area contributed by atoms with Crippen LogP contribution in [0.5, 0.6) is 0 Å². The molecule has 0 aromatic carbocycles. The molecule has 0 unspecified atom stereocenters. The summed E-state index contributed by atoms with van der Waals surface area (Å²) >= 11 is 0. The largest absolute Gasteiger partial charge is 0.550 e. The molecule has 0 rings (SSSR count). The standard InChI is InChI=1S/C6H8O4/c1-4(3-5(7)8)6(9)10-2/h1,3H2,2H3,(H,7,8)/p-1. The summed E-state index contributed by atoms with van der Waals surface area (Å²) in [5.74, 6) is -2.06. The molecule has 0 amide bonds. The molecule has 0 aliphatic carbocycles. The second-order valence-electron chi connectivity index (χ2n) is 1.64. The van der Waals surface area contributed by atoms with E-state index in [1.807, 2.05) is 0 Å². The number of rotatable bonds is 3. The molecule has 0 bridgehead atoms. The summed E-state index contributed by atoms with van der Waals surface area (Å²) in [4.78, 5) is 20.3. The zero-order valence-electron chi connectivity index (χ0n) is 5.55. The Labute approximate surface area is 58.1 Å². The van der Waals surface area contributed by atoms with Crippen LogP contribution in [-0.2, 0) is 14.3 Å². The van der Waals surface area contributed by atoms with Crippen LogP contribution in [0.25, 0.3) is 0 Å². The predicted molar refractivity (Wildman–Crippen MR) is 30.8 cm³/mol. The molecule has 4 heteroatoms. The van der Waals surface area contributed by atoms with E-state index in [1.54, 1.807) is 0 Å². The van der Waals surface area contributed by atoms with E-state index in [0.717, 1.165) is 7.11 Å². The SMILES string of the molecule is C=C(CC(=O)[O-])C(=O)OC. The molecule has 0 aliphatic rings. The number of carboxylic acid groups (broad SMARTS) is 1. The Bertz CT molecular complexity index is 171. The van der Waals surface area contributed by atoms with Gasteiger partial charge in [-0.3, -0.25) is 0 Å². The van der Waals surface area contributed by atoms with Gasteiger partial charge in [-0.25, -0.2) is 4.79 Å². The first-order chi connectivity index (χ1) is 4.57. The van der Waals surface area contributed by atoms with E-state index in [2.05, 4.69) is 11.3 Å². The highest BCUT2D eigenvalue weighted by Crippen LogP contribution is 1.97. The first-order valence-electron chi connectivity index (χ1n) is 2.54. The average Bonchev–Trinajstić information content (AvgIpc) is 1.85. The van der Waals surface area contributed by atoms with Gasteiger partial charge in [-0.1, -0.05) is 6.58 Å². The lowest BCUT2D eigenvalue weighted by molar-refractivity contribution is -0.304. The lowest BCUT2D eigenvalue weighted by Gasteiger charge is -2.02. The molecular formula is C6H7O4-. The van der Waals surface area contributed by atoms with Crippen molar-refractivity contribution < 1.29 is 19.4 Å². The molecule has 56 valence electrons. The molecule has 0 fully saturated rings. The van der Waals surface area contributed by atoms with Gasteiger partial charge in [-0.15, -0.1) is 0 Å². The highest BCUT2D eigenvalue weighted by molar-refractivity contribution is 5.92. The first-order valence-corrected chi connectivity index (χ1v) is 2.54. The van der Waals surface area contributed by atoms with E-state index < -0.39 is 18.4 Å². The summed E-state index contributed by atoms with van der Waals surface area (Å²) in [5.41, 5.74) is -0.109. The van der Waals surface area contributed by atoms with Crippen LogP contribution in [0.1, 0.15) is 6.42 Å².